The van der Waals surface area contributed by atoms with Crippen LogP contribution in [0.5, 0.6) is 5.75 Å². The van der Waals surface area contributed by atoms with Crippen molar-refractivity contribution in [1.82, 2.24) is 9.69 Å². The highest BCUT2D eigenvalue weighted by Gasteiger charge is 2.36. The summed E-state index contributed by atoms with van der Waals surface area (Å²) >= 11 is 0.709. The minimum absolute atomic E-state index is 0.0218. The molecule has 0 spiro atoms. The molecule has 1 atom stereocenters. The van der Waals surface area contributed by atoms with Gasteiger partial charge >= 0.3 is 0 Å². The molecule has 4 rings (SSSR count). The fourth-order valence-corrected chi connectivity index (χ4v) is 4.88. The highest BCUT2D eigenvalue weighted by Crippen LogP contribution is 2.35. The van der Waals surface area contributed by atoms with Gasteiger partial charge in [-0.3, -0.25) is 19.3 Å². The van der Waals surface area contributed by atoms with E-state index < -0.39 is 29.6 Å². The predicted molar refractivity (Wildman–Crippen MR) is 147 cm³/mol. The smallest absolute Gasteiger partial charge is 0.273 e. The molecule has 0 aliphatic carbocycles. The average Bonchev–Trinajstić information content (AvgIpc) is 3.29. The summed E-state index contributed by atoms with van der Waals surface area (Å²) in [5, 5.41) is 12.7. The van der Waals surface area contributed by atoms with Crippen LogP contribution in [0, 0.1) is 19.7 Å². The number of carbonyl (C=O) groups excluding carboxylic acids is 3. The number of aryl methyl sites for hydroxylation is 2. The van der Waals surface area contributed by atoms with Gasteiger partial charge in [0.1, 0.15) is 22.5 Å². The maximum atomic E-state index is 14.1. The molecule has 3 aromatic carbocycles. The van der Waals surface area contributed by atoms with Crippen molar-refractivity contribution in [3.63, 3.8) is 0 Å². The molecule has 3 amide bonds. The number of hydrogen-bond acceptors (Lipinski definition) is 7. The van der Waals surface area contributed by atoms with E-state index in [0.717, 1.165) is 5.56 Å². The normalized spacial score (nSPS) is 11.6. The topological polar surface area (TPSA) is 152 Å². The van der Waals surface area contributed by atoms with Crippen molar-refractivity contribution in [3.8, 4) is 5.75 Å². The molecular formula is C28H26FN5O4S. The number of rotatable bonds is 8. The van der Waals surface area contributed by atoms with Crippen LogP contribution >= 0.6 is 11.5 Å². The molecule has 9 nitrogen and oxygen atoms in total. The highest BCUT2D eigenvalue weighted by atomic mass is 32.1. The lowest BCUT2D eigenvalue weighted by atomic mass is 10.00. The summed E-state index contributed by atoms with van der Waals surface area (Å²) in [5.41, 5.74) is 14.2. The zero-order valence-corrected chi connectivity index (χ0v) is 22.0. The van der Waals surface area contributed by atoms with Gasteiger partial charge in [0, 0.05) is 12.2 Å². The molecule has 6 N–H and O–H groups in total. The van der Waals surface area contributed by atoms with Crippen molar-refractivity contribution < 1.29 is 23.9 Å². The number of halogens is 1. The van der Waals surface area contributed by atoms with Crippen LogP contribution in [-0.4, -0.2) is 27.2 Å². The Morgan fingerprint density at radius 2 is 1.72 bits per heavy atom. The maximum absolute atomic E-state index is 14.1. The minimum Gasteiger partial charge on any atom is -0.508 e. The lowest BCUT2D eigenvalue weighted by Gasteiger charge is -2.32. The summed E-state index contributed by atoms with van der Waals surface area (Å²) in [6.45, 7) is 3.77. The van der Waals surface area contributed by atoms with Crippen LogP contribution in [0.1, 0.15) is 48.5 Å². The van der Waals surface area contributed by atoms with E-state index in [1.165, 1.54) is 41.3 Å². The Hall–Kier alpha value is -4.77. The molecule has 0 fully saturated rings. The molecule has 4 aromatic rings. The third kappa shape index (κ3) is 5.88. The SMILES string of the molecule is Cc1ccc(N(C(=O)c2snc(C(N)=O)c2N)[C@@H](C(=O)NCc2ccc(F)cc2)c2ccc(O)cc2)c(C)c1. The van der Waals surface area contributed by atoms with Gasteiger partial charge in [-0.05, 0) is 72.4 Å². The molecule has 0 radical (unpaired) electrons. The number of anilines is 2. The Bertz CT molecular complexity index is 1540. The zero-order valence-electron chi connectivity index (χ0n) is 21.1. The molecule has 0 aliphatic rings. The first-order valence-electron chi connectivity index (χ1n) is 11.8. The summed E-state index contributed by atoms with van der Waals surface area (Å²) in [6.07, 6.45) is 0. The Kier molecular flexibility index (Phi) is 7.91. The van der Waals surface area contributed by atoms with Gasteiger partial charge in [0.15, 0.2) is 5.69 Å². The van der Waals surface area contributed by atoms with E-state index in [9.17, 15) is 23.9 Å². The second-order valence-electron chi connectivity index (χ2n) is 8.94. The number of amides is 3. The van der Waals surface area contributed by atoms with E-state index in [-0.39, 0.29) is 28.6 Å². The number of benzene rings is 3. The largest absolute Gasteiger partial charge is 0.508 e. The molecule has 1 aromatic heterocycles. The van der Waals surface area contributed by atoms with Crippen molar-refractivity contribution in [2.75, 3.05) is 10.6 Å². The van der Waals surface area contributed by atoms with Crippen LogP contribution in [0.4, 0.5) is 15.8 Å². The van der Waals surface area contributed by atoms with Gasteiger partial charge < -0.3 is 21.9 Å². The Morgan fingerprint density at radius 1 is 1.05 bits per heavy atom. The van der Waals surface area contributed by atoms with Crippen LogP contribution < -0.4 is 21.7 Å². The Balaban J connectivity index is 1.84. The Labute approximate surface area is 228 Å². The molecule has 39 heavy (non-hydrogen) atoms. The minimum atomic E-state index is -1.22. The van der Waals surface area contributed by atoms with Gasteiger partial charge in [0.25, 0.3) is 11.8 Å². The second kappa shape index (κ2) is 11.3. The van der Waals surface area contributed by atoms with Gasteiger partial charge in [-0.1, -0.05) is 42.0 Å². The number of aromatic hydroxyl groups is 1. The number of hydrogen-bond donors (Lipinski definition) is 4. The lowest BCUT2D eigenvalue weighted by Crippen LogP contribution is -2.44. The number of nitrogen functional groups attached to an aromatic ring is 1. The van der Waals surface area contributed by atoms with Gasteiger partial charge in [-0.25, -0.2) is 4.39 Å². The number of nitrogens with zero attached hydrogens (tertiary/aromatic N) is 2. The maximum Gasteiger partial charge on any atom is 0.273 e. The molecule has 0 aliphatic heterocycles. The van der Waals surface area contributed by atoms with Crippen molar-refractivity contribution in [1.29, 1.82) is 0 Å². The van der Waals surface area contributed by atoms with Crippen molar-refractivity contribution >= 4 is 40.6 Å². The van der Waals surface area contributed by atoms with Crippen LogP contribution in [0.25, 0.3) is 0 Å². The molecule has 200 valence electrons. The fourth-order valence-electron chi connectivity index (χ4n) is 4.14. The van der Waals surface area contributed by atoms with Crippen LogP contribution in [0.15, 0.2) is 66.7 Å². The highest BCUT2D eigenvalue weighted by molar-refractivity contribution is 7.09. The molecule has 1 heterocycles. The van der Waals surface area contributed by atoms with Crippen LogP contribution in [0.3, 0.4) is 0 Å². The summed E-state index contributed by atoms with van der Waals surface area (Å²) < 4.78 is 17.3. The number of phenolic OH excluding ortho intramolecular Hbond substituents is 1. The summed E-state index contributed by atoms with van der Waals surface area (Å²) in [5.74, 6) is -2.52. The standard InChI is InChI=1S/C28H26FN5O4S/c1-15-3-12-21(16(2)13-15)34(28(38)25-22(30)23(26(31)36)33-39-25)24(18-6-10-20(35)11-7-18)27(37)32-14-17-4-8-19(29)9-5-17/h3-13,24,35H,14,30H2,1-2H3,(H2,31,36)(H,32,37)/t24-/m1/s1. The number of primary amides is 1. The first-order valence-corrected chi connectivity index (χ1v) is 12.6. The molecule has 0 bridgehead atoms. The number of carbonyl (C=O) groups is 3. The second-order valence-corrected chi connectivity index (χ2v) is 9.72. The molecule has 0 unspecified atom stereocenters. The molecular weight excluding hydrogens is 521 g/mol. The van der Waals surface area contributed by atoms with E-state index in [1.54, 1.807) is 31.2 Å². The van der Waals surface area contributed by atoms with Gasteiger partial charge in [0.05, 0.1) is 5.69 Å². The van der Waals surface area contributed by atoms with E-state index in [4.69, 9.17) is 11.5 Å². The molecule has 0 saturated heterocycles. The molecule has 0 saturated carbocycles. The summed E-state index contributed by atoms with van der Waals surface area (Å²) in [4.78, 5) is 41.0. The fraction of sp³-hybridized carbons (Fsp3) is 0.143. The lowest BCUT2D eigenvalue weighted by molar-refractivity contribution is -0.122. The summed E-state index contributed by atoms with van der Waals surface area (Å²) in [6, 6.07) is 15.7. The summed E-state index contributed by atoms with van der Waals surface area (Å²) in [7, 11) is 0. The third-order valence-corrected chi connectivity index (χ3v) is 6.93. The number of nitrogens with two attached hydrogens (primary N) is 2. The van der Waals surface area contributed by atoms with E-state index >= 15 is 0 Å². The van der Waals surface area contributed by atoms with Crippen molar-refractivity contribution in [2.45, 2.75) is 26.4 Å². The van der Waals surface area contributed by atoms with E-state index in [2.05, 4.69) is 9.69 Å². The zero-order chi connectivity index (χ0) is 28.3. The van der Waals surface area contributed by atoms with Crippen molar-refractivity contribution in [2.24, 2.45) is 5.73 Å². The van der Waals surface area contributed by atoms with Crippen molar-refractivity contribution in [3.05, 3.63) is 105 Å². The monoisotopic (exact) mass is 547 g/mol. The van der Waals surface area contributed by atoms with Crippen LogP contribution in [0.2, 0.25) is 0 Å². The molecule has 11 heteroatoms. The van der Waals surface area contributed by atoms with Gasteiger partial charge in [-0.2, -0.15) is 4.37 Å². The first-order chi connectivity index (χ1) is 18.6. The third-order valence-electron chi connectivity index (χ3n) is 6.08. The van der Waals surface area contributed by atoms with E-state index in [0.29, 0.717) is 33.9 Å². The number of aromatic nitrogens is 1. The quantitative estimate of drug-likeness (QED) is 0.262. The predicted octanol–water partition coefficient (Wildman–Crippen LogP) is 3.99. The number of nitrogens with one attached hydrogen (secondary N) is 1. The average molecular weight is 548 g/mol. The van der Waals surface area contributed by atoms with Crippen LogP contribution in [-0.2, 0) is 11.3 Å². The van der Waals surface area contributed by atoms with E-state index in [1.807, 2.05) is 13.0 Å². The van der Waals surface area contributed by atoms with Gasteiger partial charge in [0.2, 0.25) is 5.91 Å². The number of phenols is 1. The Morgan fingerprint density at radius 3 is 2.31 bits per heavy atom. The first kappa shape index (κ1) is 27.3. The van der Waals surface area contributed by atoms with Gasteiger partial charge in [-0.15, -0.1) is 0 Å².